The molecule has 1 aromatic carbocycles. The van der Waals surface area contributed by atoms with Gasteiger partial charge in [-0.25, -0.2) is 0 Å². The van der Waals surface area contributed by atoms with Crippen LogP contribution in [0.15, 0.2) is 24.3 Å². The fourth-order valence-electron chi connectivity index (χ4n) is 4.22. The van der Waals surface area contributed by atoms with Crippen LogP contribution in [0.4, 0.5) is 0 Å². The number of rotatable bonds is 6. The van der Waals surface area contributed by atoms with Crippen LogP contribution in [0.5, 0.6) is 0 Å². The van der Waals surface area contributed by atoms with E-state index in [4.69, 9.17) is 4.74 Å². The Labute approximate surface area is 164 Å². The number of ether oxygens (including phenoxy) is 1. The monoisotopic (exact) mass is 373 g/mol. The highest BCUT2D eigenvalue weighted by Crippen LogP contribution is 2.22. The summed E-state index contributed by atoms with van der Waals surface area (Å²) in [6.45, 7) is 10.3. The Morgan fingerprint density at radius 2 is 1.78 bits per heavy atom. The SMILES string of the molecule is Cc1cccc(C(CNC(=O)C(C)N2CCCCCC2)N2CCOCC2)c1. The predicted molar refractivity (Wildman–Crippen MR) is 109 cm³/mol. The Bertz CT molecular complexity index is 593. The molecule has 2 heterocycles. The molecule has 0 spiro atoms. The van der Waals surface area contributed by atoms with E-state index in [1.54, 1.807) is 0 Å². The lowest BCUT2D eigenvalue weighted by Gasteiger charge is -2.35. The van der Waals surface area contributed by atoms with Gasteiger partial charge in [-0.3, -0.25) is 14.6 Å². The largest absolute Gasteiger partial charge is 0.379 e. The minimum absolute atomic E-state index is 0.0500. The van der Waals surface area contributed by atoms with Crippen molar-refractivity contribution in [2.75, 3.05) is 45.9 Å². The fourth-order valence-corrected chi connectivity index (χ4v) is 4.22. The maximum absolute atomic E-state index is 12.8. The molecule has 150 valence electrons. The van der Waals surface area contributed by atoms with E-state index in [1.165, 1.54) is 36.8 Å². The molecule has 5 heteroatoms. The van der Waals surface area contributed by atoms with Gasteiger partial charge in [-0.15, -0.1) is 0 Å². The van der Waals surface area contributed by atoms with Crippen molar-refractivity contribution in [2.24, 2.45) is 0 Å². The molecule has 5 nitrogen and oxygen atoms in total. The molecular weight excluding hydrogens is 338 g/mol. The predicted octanol–water partition coefficient (Wildman–Crippen LogP) is 2.75. The Balaban J connectivity index is 1.63. The molecule has 0 radical (unpaired) electrons. The van der Waals surface area contributed by atoms with Gasteiger partial charge < -0.3 is 10.1 Å². The number of likely N-dealkylation sites (tertiary alicyclic amines) is 1. The lowest BCUT2D eigenvalue weighted by Crippen LogP contribution is -2.49. The summed E-state index contributed by atoms with van der Waals surface area (Å²) in [6, 6.07) is 8.81. The number of hydrogen-bond acceptors (Lipinski definition) is 4. The Morgan fingerprint density at radius 3 is 2.44 bits per heavy atom. The third-order valence-electron chi connectivity index (χ3n) is 5.95. The third kappa shape index (κ3) is 5.77. The zero-order chi connectivity index (χ0) is 19.1. The molecule has 3 rings (SSSR count). The topological polar surface area (TPSA) is 44.8 Å². The zero-order valence-electron chi connectivity index (χ0n) is 17.0. The number of aryl methyl sites for hydroxylation is 1. The van der Waals surface area contributed by atoms with Crippen LogP contribution >= 0.6 is 0 Å². The fraction of sp³-hybridized carbons (Fsp3) is 0.682. The third-order valence-corrected chi connectivity index (χ3v) is 5.95. The molecule has 0 aromatic heterocycles. The number of hydrogen-bond donors (Lipinski definition) is 1. The summed E-state index contributed by atoms with van der Waals surface area (Å²) in [5.41, 5.74) is 2.54. The molecule has 1 amide bonds. The maximum Gasteiger partial charge on any atom is 0.237 e. The van der Waals surface area contributed by atoms with Crippen LogP contribution in [-0.2, 0) is 9.53 Å². The number of nitrogens with zero attached hydrogens (tertiary/aromatic N) is 2. The van der Waals surface area contributed by atoms with Crippen molar-refractivity contribution in [2.45, 2.75) is 51.6 Å². The second-order valence-electron chi connectivity index (χ2n) is 7.95. The van der Waals surface area contributed by atoms with Gasteiger partial charge in [0.25, 0.3) is 0 Å². The van der Waals surface area contributed by atoms with Crippen molar-refractivity contribution in [1.29, 1.82) is 0 Å². The Hall–Kier alpha value is -1.43. The summed E-state index contributed by atoms with van der Waals surface area (Å²) in [6.07, 6.45) is 4.99. The molecule has 1 aromatic rings. The van der Waals surface area contributed by atoms with Gasteiger partial charge in [-0.1, -0.05) is 42.7 Å². The van der Waals surface area contributed by atoms with E-state index in [2.05, 4.69) is 53.2 Å². The van der Waals surface area contributed by atoms with Gasteiger partial charge in [0, 0.05) is 19.6 Å². The summed E-state index contributed by atoms with van der Waals surface area (Å²) >= 11 is 0. The first-order valence-electron chi connectivity index (χ1n) is 10.6. The zero-order valence-corrected chi connectivity index (χ0v) is 17.0. The van der Waals surface area contributed by atoms with Gasteiger partial charge in [0.15, 0.2) is 0 Å². The first kappa shape index (κ1) is 20.3. The second kappa shape index (κ2) is 10.2. The van der Waals surface area contributed by atoms with Gasteiger partial charge in [-0.2, -0.15) is 0 Å². The van der Waals surface area contributed by atoms with Crippen LogP contribution in [0.25, 0.3) is 0 Å². The van der Waals surface area contributed by atoms with E-state index in [-0.39, 0.29) is 18.0 Å². The lowest BCUT2D eigenvalue weighted by atomic mass is 10.0. The molecule has 2 unspecified atom stereocenters. The molecule has 2 aliphatic rings. The van der Waals surface area contributed by atoms with Crippen molar-refractivity contribution in [3.8, 4) is 0 Å². The summed E-state index contributed by atoms with van der Waals surface area (Å²) in [4.78, 5) is 17.6. The van der Waals surface area contributed by atoms with E-state index < -0.39 is 0 Å². The average molecular weight is 374 g/mol. The van der Waals surface area contributed by atoms with Crippen molar-refractivity contribution in [3.05, 3.63) is 35.4 Å². The van der Waals surface area contributed by atoms with Gasteiger partial charge in [0.1, 0.15) is 0 Å². The van der Waals surface area contributed by atoms with Crippen molar-refractivity contribution in [3.63, 3.8) is 0 Å². The molecule has 2 atom stereocenters. The number of carbonyl (C=O) groups is 1. The van der Waals surface area contributed by atoms with Crippen LogP contribution in [0.1, 0.15) is 49.8 Å². The summed E-state index contributed by atoms with van der Waals surface area (Å²) in [7, 11) is 0. The van der Waals surface area contributed by atoms with E-state index in [0.29, 0.717) is 6.54 Å². The Morgan fingerprint density at radius 1 is 1.07 bits per heavy atom. The van der Waals surface area contributed by atoms with E-state index in [1.807, 2.05) is 0 Å². The highest BCUT2D eigenvalue weighted by molar-refractivity contribution is 5.81. The minimum Gasteiger partial charge on any atom is -0.379 e. The van der Waals surface area contributed by atoms with Crippen molar-refractivity contribution < 1.29 is 9.53 Å². The van der Waals surface area contributed by atoms with Crippen LogP contribution in [0.2, 0.25) is 0 Å². The molecule has 0 saturated carbocycles. The number of nitrogens with one attached hydrogen (secondary N) is 1. The standard InChI is InChI=1S/C22H35N3O2/c1-18-8-7-9-20(16-18)21(25-12-14-27-15-13-25)17-23-22(26)19(2)24-10-5-3-4-6-11-24/h7-9,16,19,21H,3-6,10-15,17H2,1-2H3,(H,23,26). The molecule has 27 heavy (non-hydrogen) atoms. The van der Waals surface area contributed by atoms with Crippen LogP contribution in [-0.4, -0.2) is 67.7 Å². The van der Waals surface area contributed by atoms with Crippen LogP contribution in [0.3, 0.4) is 0 Å². The highest BCUT2D eigenvalue weighted by Gasteiger charge is 2.26. The summed E-state index contributed by atoms with van der Waals surface area (Å²) in [5.74, 6) is 0.155. The van der Waals surface area contributed by atoms with Crippen LogP contribution in [0, 0.1) is 6.92 Å². The van der Waals surface area contributed by atoms with Gasteiger partial charge in [-0.05, 0) is 45.3 Å². The summed E-state index contributed by atoms with van der Waals surface area (Å²) in [5, 5.41) is 3.25. The molecule has 2 aliphatic heterocycles. The molecule has 2 fully saturated rings. The first-order chi connectivity index (χ1) is 13.1. The molecule has 0 aliphatic carbocycles. The maximum atomic E-state index is 12.8. The second-order valence-corrected chi connectivity index (χ2v) is 7.95. The smallest absolute Gasteiger partial charge is 0.237 e. The normalized spacial score (nSPS) is 22.0. The van der Waals surface area contributed by atoms with Crippen LogP contribution < -0.4 is 5.32 Å². The highest BCUT2D eigenvalue weighted by atomic mass is 16.5. The average Bonchev–Trinajstić information content (AvgIpc) is 2.98. The molecule has 1 N–H and O–H groups in total. The summed E-state index contributed by atoms with van der Waals surface area (Å²) < 4.78 is 5.53. The number of benzene rings is 1. The number of carbonyl (C=O) groups excluding carboxylic acids is 1. The van der Waals surface area contributed by atoms with Gasteiger partial charge in [0.05, 0.1) is 25.3 Å². The minimum atomic E-state index is -0.0500. The molecular formula is C22H35N3O2. The van der Waals surface area contributed by atoms with Gasteiger partial charge >= 0.3 is 0 Å². The van der Waals surface area contributed by atoms with E-state index >= 15 is 0 Å². The van der Waals surface area contributed by atoms with E-state index in [0.717, 1.165) is 39.4 Å². The lowest BCUT2D eigenvalue weighted by molar-refractivity contribution is -0.126. The van der Waals surface area contributed by atoms with Gasteiger partial charge in [0.2, 0.25) is 5.91 Å². The Kier molecular flexibility index (Phi) is 7.68. The molecule has 0 bridgehead atoms. The number of amides is 1. The quantitative estimate of drug-likeness (QED) is 0.833. The van der Waals surface area contributed by atoms with Crippen molar-refractivity contribution in [1.82, 2.24) is 15.1 Å². The molecule has 2 saturated heterocycles. The van der Waals surface area contributed by atoms with E-state index in [9.17, 15) is 4.79 Å². The number of morpholine rings is 1. The first-order valence-corrected chi connectivity index (χ1v) is 10.6. The van der Waals surface area contributed by atoms with Crippen molar-refractivity contribution >= 4 is 5.91 Å².